The van der Waals surface area contributed by atoms with Crippen LogP contribution in [0.25, 0.3) is 0 Å². The number of hydrogen-bond acceptors (Lipinski definition) is 8. The van der Waals surface area contributed by atoms with E-state index in [0.717, 1.165) is 0 Å². The van der Waals surface area contributed by atoms with Gasteiger partial charge < -0.3 is 24.1 Å². The van der Waals surface area contributed by atoms with Gasteiger partial charge in [0, 0.05) is 6.92 Å². The van der Waals surface area contributed by atoms with Gasteiger partial charge >= 0.3 is 5.97 Å². The van der Waals surface area contributed by atoms with Crippen LogP contribution in [-0.2, 0) is 33.5 Å². The van der Waals surface area contributed by atoms with Crippen molar-refractivity contribution in [3.05, 3.63) is 12.2 Å². The number of aliphatic hydroxyl groups is 1. The molecular formula is C12H13Cl3O8. The van der Waals surface area contributed by atoms with E-state index in [4.69, 9.17) is 63.5 Å². The number of rotatable bonds is 1. The van der Waals surface area contributed by atoms with E-state index in [1.54, 1.807) is 0 Å². The predicted molar refractivity (Wildman–Crippen MR) is 75.1 cm³/mol. The monoisotopic (exact) mass is 390 g/mol. The fourth-order valence-electron chi connectivity index (χ4n) is 2.38. The Balaban J connectivity index is 1.86. The van der Waals surface area contributed by atoms with Crippen LogP contribution in [0, 0.1) is 0 Å². The highest BCUT2D eigenvalue weighted by atomic mass is 35.6. The zero-order valence-corrected chi connectivity index (χ0v) is 14.2. The van der Waals surface area contributed by atoms with E-state index in [9.17, 15) is 9.90 Å². The van der Waals surface area contributed by atoms with Crippen LogP contribution in [0.5, 0.6) is 0 Å². The second-order valence-electron chi connectivity index (χ2n) is 5.40. The number of halogens is 3. The standard InChI is InChI=1S/C12H13Cl3O8/c1-5(16)18-7-6-8(20-9(19-6)12(13,14)15)21-11(7)4-3-10(2,17)22-23-11/h3-4,6-9,17H,1-2H3/t6-,7-,8+,9?,10?,11?/m1/s1. The second-order valence-corrected chi connectivity index (χ2v) is 7.77. The molecule has 6 atom stereocenters. The molecule has 3 unspecified atom stereocenters. The van der Waals surface area contributed by atoms with Crippen LogP contribution < -0.4 is 0 Å². The number of hydrogen-bond donors (Lipinski definition) is 1. The summed E-state index contributed by atoms with van der Waals surface area (Å²) in [4.78, 5) is 21.4. The van der Waals surface area contributed by atoms with Crippen molar-refractivity contribution in [1.82, 2.24) is 0 Å². The summed E-state index contributed by atoms with van der Waals surface area (Å²) in [5, 5.41) is 9.73. The average Bonchev–Trinajstić information content (AvgIpc) is 2.91. The fraction of sp³-hybridized carbons (Fsp3) is 0.750. The average molecular weight is 392 g/mol. The molecule has 11 heteroatoms. The molecule has 2 fully saturated rings. The quantitative estimate of drug-likeness (QED) is 0.309. The van der Waals surface area contributed by atoms with Gasteiger partial charge in [-0.15, -0.1) is 0 Å². The minimum Gasteiger partial charge on any atom is -0.453 e. The molecule has 8 nitrogen and oxygen atoms in total. The summed E-state index contributed by atoms with van der Waals surface area (Å²) in [6.07, 6.45) is -1.64. The third kappa shape index (κ3) is 3.33. The van der Waals surface area contributed by atoms with Gasteiger partial charge in [-0.3, -0.25) is 4.79 Å². The van der Waals surface area contributed by atoms with Crippen LogP contribution >= 0.6 is 34.8 Å². The fourth-order valence-corrected chi connectivity index (χ4v) is 2.69. The van der Waals surface area contributed by atoms with Crippen molar-refractivity contribution in [3.8, 4) is 0 Å². The van der Waals surface area contributed by atoms with Crippen molar-refractivity contribution in [1.29, 1.82) is 0 Å². The molecule has 0 saturated carbocycles. The minimum absolute atomic E-state index is 0.617. The number of ether oxygens (including phenoxy) is 4. The van der Waals surface area contributed by atoms with Gasteiger partial charge in [-0.25, -0.2) is 0 Å². The topological polar surface area (TPSA) is 92.7 Å². The van der Waals surface area contributed by atoms with Crippen LogP contribution in [0.2, 0.25) is 0 Å². The maximum Gasteiger partial charge on any atom is 0.303 e. The third-order valence-electron chi connectivity index (χ3n) is 3.33. The maximum absolute atomic E-state index is 11.4. The van der Waals surface area contributed by atoms with Crippen molar-refractivity contribution in [2.75, 3.05) is 0 Å². The molecule has 0 radical (unpaired) electrons. The molecule has 3 rings (SSSR count). The summed E-state index contributed by atoms with van der Waals surface area (Å²) in [6.45, 7) is 2.55. The van der Waals surface area contributed by atoms with E-state index in [-0.39, 0.29) is 0 Å². The Hall–Kier alpha value is -0.160. The summed E-state index contributed by atoms with van der Waals surface area (Å²) in [7, 11) is 0. The molecule has 0 aromatic rings. The first-order valence-corrected chi connectivity index (χ1v) is 7.68. The smallest absolute Gasteiger partial charge is 0.303 e. The molecule has 23 heavy (non-hydrogen) atoms. The summed E-state index contributed by atoms with van der Waals surface area (Å²) < 4.78 is 19.8. The van der Waals surface area contributed by atoms with Crippen LogP contribution in [0.3, 0.4) is 0 Å². The molecule has 0 bridgehead atoms. The number of esters is 1. The van der Waals surface area contributed by atoms with Crippen molar-refractivity contribution in [2.24, 2.45) is 0 Å². The van der Waals surface area contributed by atoms with Gasteiger partial charge in [-0.1, -0.05) is 34.8 Å². The number of carbonyl (C=O) groups is 1. The SMILES string of the molecule is CC(=O)O[C@@H]1[C@H]2OC(C(Cl)(Cl)Cl)O[C@H]2OC12C=CC(C)(O)OO2. The van der Waals surface area contributed by atoms with E-state index in [1.807, 2.05) is 0 Å². The van der Waals surface area contributed by atoms with Gasteiger partial charge in [-0.2, -0.15) is 9.78 Å². The lowest BCUT2D eigenvalue weighted by Gasteiger charge is -2.36. The highest BCUT2D eigenvalue weighted by Gasteiger charge is 2.66. The first-order chi connectivity index (χ1) is 10.5. The maximum atomic E-state index is 11.4. The van der Waals surface area contributed by atoms with Crippen LogP contribution in [0.1, 0.15) is 13.8 Å². The van der Waals surface area contributed by atoms with Crippen molar-refractivity contribution < 1.29 is 38.6 Å². The molecule has 1 N–H and O–H groups in total. The van der Waals surface area contributed by atoms with Crippen molar-refractivity contribution >= 4 is 40.8 Å². The van der Waals surface area contributed by atoms with E-state index in [1.165, 1.54) is 26.0 Å². The highest BCUT2D eigenvalue weighted by Crippen LogP contribution is 2.48. The Kier molecular flexibility index (Phi) is 4.37. The number of alkyl halides is 3. The lowest BCUT2D eigenvalue weighted by molar-refractivity contribution is -0.493. The molecular weight excluding hydrogens is 378 g/mol. The Morgan fingerprint density at radius 2 is 1.96 bits per heavy atom. The summed E-state index contributed by atoms with van der Waals surface area (Å²) in [5.74, 6) is -3.93. The van der Waals surface area contributed by atoms with Gasteiger partial charge in [0.05, 0.1) is 0 Å². The number of carbonyl (C=O) groups excluding carboxylic acids is 1. The molecule has 1 spiro atoms. The molecule has 3 aliphatic heterocycles. The lowest BCUT2D eigenvalue weighted by Crippen LogP contribution is -2.51. The third-order valence-corrected chi connectivity index (χ3v) is 3.86. The van der Waals surface area contributed by atoms with E-state index >= 15 is 0 Å². The van der Waals surface area contributed by atoms with Gasteiger partial charge in [0.25, 0.3) is 5.79 Å². The van der Waals surface area contributed by atoms with Crippen molar-refractivity contribution in [3.63, 3.8) is 0 Å². The molecule has 3 aliphatic rings. The van der Waals surface area contributed by atoms with Gasteiger partial charge in [0.15, 0.2) is 18.5 Å². The lowest BCUT2D eigenvalue weighted by atomic mass is 10.0. The van der Waals surface area contributed by atoms with Gasteiger partial charge in [-0.05, 0) is 19.1 Å². The highest BCUT2D eigenvalue weighted by molar-refractivity contribution is 6.67. The van der Waals surface area contributed by atoms with Gasteiger partial charge in [0.2, 0.25) is 15.9 Å². The van der Waals surface area contributed by atoms with E-state index in [0.29, 0.717) is 0 Å². The molecule has 2 saturated heterocycles. The van der Waals surface area contributed by atoms with E-state index < -0.39 is 46.1 Å². The first kappa shape index (κ1) is 17.7. The summed E-state index contributed by atoms with van der Waals surface area (Å²) in [5.41, 5.74) is 0. The summed E-state index contributed by atoms with van der Waals surface area (Å²) in [6, 6.07) is 0. The number of fused-ring (bicyclic) bond motifs is 1. The first-order valence-electron chi connectivity index (χ1n) is 6.55. The molecule has 0 aromatic carbocycles. The zero-order chi connectivity index (χ0) is 17.0. The normalized spacial score (nSPS) is 46.2. The Bertz CT molecular complexity index is 533. The Morgan fingerprint density at radius 3 is 2.48 bits per heavy atom. The molecule has 0 aromatic heterocycles. The molecule has 0 amide bonds. The van der Waals surface area contributed by atoms with Crippen LogP contribution in [0.15, 0.2) is 12.2 Å². The Morgan fingerprint density at radius 1 is 1.26 bits per heavy atom. The van der Waals surface area contributed by atoms with Crippen LogP contribution in [-0.4, -0.2) is 51.2 Å². The molecule has 3 heterocycles. The van der Waals surface area contributed by atoms with E-state index in [2.05, 4.69) is 0 Å². The molecule has 0 aliphatic carbocycles. The minimum atomic E-state index is -1.86. The van der Waals surface area contributed by atoms with Crippen molar-refractivity contribution in [2.45, 2.75) is 54.0 Å². The molecule has 130 valence electrons. The Labute approximate surface area is 146 Å². The zero-order valence-electron chi connectivity index (χ0n) is 11.9. The van der Waals surface area contributed by atoms with Gasteiger partial charge in [0.1, 0.15) is 0 Å². The largest absolute Gasteiger partial charge is 0.453 e. The second kappa shape index (κ2) is 5.69. The van der Waals surface area contributed by atoms with Crippen LogP contribution in [0.4, 0.5) is 0 Å². The predicted octanol–water partition coefficient (Wildman–Crippen LogP) is 1.31. The summed E-state index contributed by atoms with van der Waals surface area (Å²) >= 11 is 17.2.